The fourth-order valence-corrected chi connectivity index (χ4v) is 1.80. The first-order valence-corrected chi connectivity index (χ1v) is 4.82. The van der Waals surface area contributed by atoms with E-state index in [4.69, 9.17) is 9.84 Å². The van der Waals surface area contributed by atoms with Crippen LogP contribution in [0.3, 0.4) is 0 Å². The van der Waals surface area contributed by atoms with Crippen molar-refractivity contribution in [1.82, 2.24) is 5.32 Å². The monoisotopic (exact) mass is 221 g/mol. The van der Waals surface area contributed by atoms with Gasteiger partial charge in [0.1, 0.15) is 0 Å². The molecule has 1 aliphatic heterocycles. The Kier molecular flexibility index (Phi) is 2.30. The van der Waals surface area contributed by atoms with Crippen LogP contribution in [0.4, 0.5) is 4.79 Å². The van der Waals surface area contributed by atoms with Crippen LogP contribution in [0, 0.1) is 0 Å². The van der Waals surface area contributed by atoms with Crippen LogP contribution in [0.1, 0.15) is 22.8 Å². The first-order chi connectivity index (χ1) is 7.53. The fraction of sp³-hybridized carbons (Fsp3) is 0.273. The zero-order chi connectivity index (χ0) is 11.8. The number of hydrogen-bond acceptors (Lipinski definition) is 3. The van der Waals surface area contributed by atoms with Crippen LogP contribution in [0.2, 0.25) is 0 Å². The number of ether oxygens (including phenoxy) is 1. The summed E-state index contributed by atoms with van der Waals surface area (Å²) in [6.45, 7) is 1.96. The molecular formula is C11H11NO4. The predicted octanol–water partition coefficient (Wildman–Crippen LogP) is 1.34. The third-order valence-electron chi connectivity index (χ3n) is 2.62. The summed E-state index contributed by atoms with van der Waals surface area (Å²) in [5.74, 6) is -1.03. The maximum atomic E-state index is 11.0. The number of aromatic carboxylic acids is 1. The molecule has 1 aromatic rings. The highest BCUT2D eigenvalue weighted by Crippen LogP contribution is 2.30. The Morgan fingerprint density at radius 1 is 1.50 bits per heavy atom. The van der Waals surface area contributed by atoms with E-state index in [1.165, 1.54) is 6.07 Å². The number of carbonyl (C=O) groups is 2. The topological polar surface area (TPSA) is 75.6 Å². The van der Waals surface area contributed by atoms with Gasteiger partial charge in [-0.1, -0.05) is 18.2 Å². The van der Waals surface area contributed by atoms with Gasteiger partial charge >= 0.3 is 12.1 Å². The Labute approximate surface area is 92.0 Å². The second-order valence-electron chi connectivity index (χ2n) is 3.82. The van der Waals surface area contributed by atoms with Crippen LogP contribution >= 0.6 is 0 Å². The molecule has 5 heteroatoms. The lowest BCUT2D eigenvalue weighted by atomic mass is 9.91. The van der Waals surface area contributed by atoms with Gasteiger partial charge in [-0.05, 0) is 13.0 Å². The van der Waals surface area contributed by atoms with Crippen molar-refractivity contribution < 1.29 is 19.4 Å². The normalized spacial score (nSPS) is 23.7. The van der Waals surface area contributed by atoms with E-state index < -0.39 is 17.7 Å². The van der Waals surface area contributed by atoms with Gasteiger partial charge < -0.3 is 15.2 Å². The largest absolute Gasteiger partial charge is 0.478 e. The molecule has 0 saturated carbocycles. The highest BCUT2D eigenvalue weighted by atomic mass is 16.6. The number of hydrogen-bond donors (Lipinski definition) is 2. The molecule has 0 spiro atoms. The van der Waals surface area contributed by atoms with E-state index >= 15 is 0 Å². The number of alkyl carbamates (subject to hydrolysis) is 1. The average Bonchev–Trinajstić information content (AvgIpc) is 2.60. The van der Waals surface area contributed by atoms with E-state index in [0.717, 1.165) is 0 Å². The molecule has 1 fully saturated rings. The lowest BCUT2D eigenvalue weighted by molar-refractivity contribution is 0.0610. The van der Waals surface area contributed by atoms with Crippen molar-refractivity contribution in [2.45, 2.75) is 12.5 Å². The van der Waals surface area contributed by atoms with Crippen molar-refractivity contribution in [2.75, 3.05) is 6.54 Å². The van der Waals surface area contributed by atoms with E-state index in [2.05, 4.69) is 5.32 Å². The molecule has 0 bridgehead atoms. The van der Waals surface area contributed by atoms with Crippen molar-refractivity contribution in [3.05, 3.63) is 35.4 Å². The number of rotatable bonds is 2. The third kappa shape index (κ3) is 1.60. The summed E-state index contributed by atoms with van der Waals surface area (Å²) < 4.78 is 5.11. The molecule has 2 rings (SSSR count). The molecule has 1 atom stereocenters. The van der Waals surface area contributed by atoms with Crippen molar-refractivity contribution in [1.29, 1.82) is 0 Å². The number of carboxylic acid groups (broad SMARTS) is 1. The Balaban J connectivity index is 2.47. The maximum absolute atomic E-state index is 11.0. The smallest absolute Gasteiger partial charge is 0.408 e. The molecule has 0 radical (unpaired) electrons. The Bertz CT molecular complexity index is 457. The average molecular weight is 221 g/mol. The van der Waals surface area contributed by atoms with Crippen molar-refractivity contribution >= 4 is 12.1 Å². The van der Waals surface area contributed by atoms with Gasteiger partial charge in [0.05, 0.1) is 12.1 Å². The fourth-order valence-electron chi connectivity index (χ4n) is 1.80. The number of carboxylic acids is 1. The summed E-state index contributed by atoms with van der Waals surface area (Å²) in [5, 5.41) is 11.6. The minimum Gasteiger partial charge on any atom is -0.478 e. The Morgan fingerprint density at radius 3 is 2.75 bits per heavy atom. The summed E-state index contributed by atoms with van der Waals surface area (Å²) in [4.78, 5) is 22.1. The molecule has 16 heavy (non-hydrogen) atoms. The first-order valence-electron chi connectivity index (χ1n) is 4.82. The molecule has 84 valence electrons. The van der Waals surface area contributed by atoms with Crippen LogP contribution in [-0.4, -0.2) is 23.7 Å². The van der Waals surface area contributed by atoms with Gasteiger partial charge in [0.15, 0.2) is 5.60 Å². The maximum Gasteiger partial charge on any atom is 0.408 e. The molecular weight excluding hydrogens is 210 g/mol. The summed E-state index contributed by atoms with van der Waals surface area (Å²) in [7, 11) is 0. The Hall–Kier alpha value is -2.04. The molecule has 5 nitrogen and oxygen atoms in total. The molecule has 1 aliphatic rings. The zero-order valence-electron chi connectivity index (χ0n) is 8.69. The van der Waals surface area contributed by atoms with E-state index in [-0.39, 0.29) is 12.1 Å². The summed E-state index contributed by atoms with van der Waals surface area (Å²) in [6, 6.07) is 6.51. The number of nitrogens with one attached hydrogen (secondary N) is 1. The number of carbonyl (C=O) groups excluding carboxylic acids is 1. The van der Waals surface area contributed by atoms with E-state index in [0.29, 0.717) is 5.56 Å². The van der Waals surface area contributed by atoms with Gasteiger partial charge in [-0.2, -0.15) is 0 Å². The molecule has 1 aromatic carbocycles. The molecule has 0 aromatic heterocycles. The highest BCUT2D eigenvalue weighted by Gasteiger charge is 2.39. The molecule has 1 unspecified atom stereocenters. The van der Waals surface area contributed by atoms with Crippen LogP contribution in [0.25, 0.3) is 0 Å². The van der Waals surface area contributed by atoms with Gasteiger partial charge in [-0.15, -0.1) is 0 Å². The number of cyclic esters (lactones) is 1. The van der Waals surface area contributed by atoms with E-state index in [9.17, 15) is 9.59 Å². The quantitative estimate of drug-likeness (QED) is 0.790. The second-order valence-corrected chi connectivity index (χ2v) is 3.82. The highest BCUT2D eigenvalue weighted by molar-refractivity contribution is 5.90. The van der Waals surface area contributed by atoms with Crippen LogP contribution in [0.15, 0.2) is 24.3 Å². The van der Waals surface area contributed by atoms with Gasteiger partial charge in [0.25, 0.3) is 0 Å². The lowest BCUT2D eigenvalue weighted by Crippen LogP contribution is -2.28. The molecule has 0 aliphatic carbocycles. The first kappa shape index (κ1) is 10.5. The van der Waals surface area contributed by atoms with Crippen molar-refractivity contribution in [2.24, 2.45) is 0 Å². The van der Waals surface area contributed by atoms with Crippen LogP contribution < -0.4 is 5.32 Å². The van der Waals surface area contributed by atoms with Gasteiger partial charge in [-0.3, -0.25) is 0 Å². The third-order valence-corrected chi connectivity index (χ3v) is 2.62. The van der Waals surface area contributed by atoms with Crippen LogP contribution in [-0.2, 0) is 10.3 Å². The number of benzene rings is 1. The predicted molar refractivity (Wildman–Crippen MR) is 55.2 cm³/mol. The second kappa shape index (κ2) is 3.52. The zero-order valence-corrected chi connectivity index (χ0v) is 8.69. The van der Waals surface area contributed by atoms with E-state index in [1.807, 2.05) is 0 Å². The molecule has 1 saturated heterocycles. The summed E-state index contributed by atoms with van der Waals surface area (Å²) >= 11 is 0. The molecule has 1 amide bonds. The standard InChI is InChI=1S/C11H11NO4/c1-11(6-12-10(15)16-11)8-5-3-2-4-7(8)9(13)14/h2-5H,6H2,1H3,(H,12,15)(H,13,14). The SMILES string of the molecule is CC1(c2ccccc2C(=O)O)CNC(=O)O1. The lowest BCUT2D eigenvalue weighted by Gasteiger charge is -2.23. The summed E-state index contributed by atoms with van der Waals surface area (Å²) in [6.07, 6.45) is -0.525. The molecule has 2 N–H and O–H groups in total. The van der Waals surface area contributed by atoms with Crippen molar-refractivity contribution in [3.8, 4) is 0 Å². The van der Waals surface area contributed by atoms with Gasteiger partial charge in [-0.25, -0.2) is 9.59 Å². The van der Waals surface area contributed by atoms with E-state index in [1.54, 1.807) is 25.1 Å². The molecule has 1 heterocycles. The Morgan fingerprint density at radius 2 is 2.19 bits per heavy atom. The van der Waals surface area contributed by atoms with Crippen molar-refractivity contribution in [3.63, 3.8) is 0 Å². The summed E-state index contributed by atoms with van der Waals surface area (Å²) in [5.41, 5.74) is -0.256. The minimum absolute atomic E-state index is 0.154. The van der Waals surface area contributed by atoms with Crippen LogP contribution in [0.5, 0.6) is 0 Å². The number of amides is 1. The van der Waals surface area contributed by atoms with Gasteiger partial charge in [0, 0.05) is 5.56 Å². The van der Waals surface area contributed by atoms with Gasteiger partial charge in [0.2, 0.25) is 0 Å². The minimum atomic E-state index is -1.03.